The highest BCUT2D eigenvalue weighted by Crippen LogP contribution is 2.37. The van der Waals surface area contributed by atoms with Gasteiger partial charge < -0.3 is 19.7 Å². The number of esters is 1. The fourth-order valence-electron chi connectivity index (χ4n) is 3.76. The molecule has 0 aliphatic heterocycles. The molecule has 0 bridgehead atoms. The summed E-state index contributed by atoms with van der Waals surface area (Å²) in [5.74, 6) is -4.00. The third-order valence-corrected chi connectivity index (χ3v) is 5.35. The van der Waals surface area contributed by atoms with Crippen LogP contribution in [0.25, 0.3) is 0 Å². The normalized spacial score (nSPS) is 24.0. The summed E-state index contributed by atoms with van der Waals surface area (Å²) >= 11 is 0. The second kappa shape index (κ2) is 12.7. The van der Waals surface area contributed by atoms with Crippen molar-refractivity contribution in [1.82, 2.24) is 0 Å². The maximum Gasteiger partial charge on any atom is 0.306 e. The number of aliphatic hydroxyl groups is 2. The average Bonchev–Trinajstić information content (AvgIpc) is 3.00. The van der Waals surface area contributed by atoms with Crippen molar-refractivity contribution in [1.29, 1.82) is 0 Å². The average molecular weight is 453 g/mol. The monoisotopic (exact) mass is 452 g/mol. The summed E-state index contributed by atoms with van der Waals surface area (Å²) < 4.78 is 38.7. The van der Waals surface area contributed by atoms with Crippen LogP contribution in [0.2, 0.25) is 0 Å². The Kier molecular flexibility index (Phi) is 10.3. The number of benzene rings is 1. The maximum absolute atomic E-state index is 14.2. The third-order valence-electron chi connectivity index (χ3n) is 5.35. The van der Waals surface area contributed by atoms with Crippen molar-refractivity contribution in [2.24, 2.45) is 11.8 Å². The first kappa shape index (κ1) is 26.0. The van der Waals surface area contributed by atoms with Gasteiger partial charge in [-0.05, 0) is 57.2 Å². The molecule has 0 radical (unpaired) electrons. The van der Waals surface area contributed by atoms with Gasteiger partial charge in [-0.1, -0.05) is 36.4 Å². The number of allylic oxidation sites excluding steroid dienone is 2. The Balaban J connectivity index is 1.83. The van der Waals surface area contributed by atoms with Gasteiger partial charge in [-0.15, -0.1) is 0 Å². The van der Waals surface area contributed by atoms with Gasteiger partial charge in [0, 0.05) is 18.8 Å². The van der Waals surface area contributed by atoms with Crippen molar-refractivity contribution >= 4 is 5.97 Å². The standard InChI is InChI=1S/C25H34F2O5/c1-18(2)32-24(30)13-9-4-3-8-12-20-21(23(29)16-22(20)28)14-15-25(26,27)17-31-19-10-6-5-7-11-19/h3,5-8,10-11,14-15,18,20-23,28-29H,4,9,12-13,16-17H2,1-2H3/b8-3+,15-14+/t20-,21+,22+,23-/m0/s1. The third kappa shape index (κ3) is 9.09. The minimum absolute atomic E-state index is 0.129. The molecule has 2 rings (SSSR count). The Morgan fingerprint density at radius 2 is 1.91 bits per heavy atom. The van der Waals surface area contributed by atoms with E-state index in [0.717, 1.165) is 6.08 Å². The number of alkyl halides is 2. The van der Waals surface area contributed by atoms with Crippen molar-refractivity contribution in [3.8, 4) is 5.75 Å². The van der Waals surface area contributed by atoms with Gasteiger partial charge in [-0.2, -0.15) is 8.78 Å². The minimum Gasteiger partial charge on any atom is -0.487 e. The van der Waals surface area contributed by atoms with Gasteiger partial charge in [0.05, 0.1) is 18.3 Å². The number of carbonyl (C=O) groups is 1. The number of unbranched alkanes of at least 4 members (excludes halogenated alkanes) is 1. The van der Waals surface area contributed by atoms with Crippen LogP contribution in [0.3, 0.4) is 0 Å². The highest BCUT2D eigenvalue weighted by atomic mass is 19.3. The highest BCUT2D eigenvalue weighted by molar-refractivity contribution is 5.69. The van der Waals surface area contributed by atoms with Crippen LogP contribution in [-0.4, -0.2) is 47.0 Å². The first-order valence-corrected chi connectivity index (χ1v) is 11.1. The summed E-state index contributed by atoms with van der Waals surface area (Å²) in [4.78, 5) is 11.5. The molecule has 0 amide bonds. The van der Waals surface area contributed by atoms with Gasteiger partial charge in [0.1, 0.15) is 5.75 Å². The second-order valence-corrected chi connectivity index (χ2v) is 8.47. The quantitative estimate of drug-likeness (QED) is 0.274. The van der Waals surface area contributed by atoms with Crippen LogP contribution in [0.5, 0.6) is 5.75 Å². The topological polar surface area (TPSA) is 76.0 Å². The van der Waals surface area contributed by atoms with E-state index in [9.17, 15) is 23.8 Å². The van der Waals surface area contributed by atoms with Crippen molar-refractivity contribution in [3.63, 3.8) is 0 Å². The lowest BCUT2D eigenvalue weighted by atomic mass is 9.89. The molecule has 5 nitrogen and oxygen atoms in total. The molecule has 0 saturated heterocycles. The van der Waals surface area contributed by atoms with E-state index in [0.29, 0.717) is 31.4 Å². The van der Waals surface area contributed by atoms with Crippen molar-refractivity contribution in [2.45, 2.75) is 70.2 Å². The van der Waals surface area contributed by atoms with Crippen molar-refractivity contribution in [3.05, 3.63) is 54.6 Å². The first-order chi connectivity index (χ1) is 15.2. The van der Waals surface area contributed by atoms with Gasteiger partial charge in [0.2, 0.25) is 0 Å². The molecule has 1 saturated carbocycles. The number of hydrogen-bond donors (Lipinski definition) is 2. The van der Waals surface area contributed by atoms with Crippen molar-refractivity contribution in [2.75, 3.05) is 6.61 Å². The Hall–Kier alpha value is -2.25. The Morgan fingerprint density at radius 1 is 1.19 bits per heavy atom. The van der Waals surface area contributed by atoms with Crippen LogP contribution in [0.4, 0.5) is 8.78 Å². The molecule has 1 aliphatic rings. The number of carbonyl (C=O) groups excluding carboxylic acids is 1. The zero-order valence-electron chi connectivity index (χ0n) is 18.7. The number of aliphatic hydroxyl groups excluding tert-OH is 2. The van der Waals surface area contributed by atoms with E-state index in [-0.39, 0.29) is 24.4 Å². The van der Waals surface area contributed by atoms with Gasteiger partial charge >= 0.3 is 5.97 Å². The summed E-state index contributed by atoms with van der Waals surface area (Å²) in [6, 6.07) is 8.39. The molecular formula is C25H34F2O5. The molecule has 0 unspecified atom stereocenters. The molecule has 32 heavy (non-hydrogen) atoms. The van der Waals surface area contributed by atoms with E-state index in [1.807, 2.05) is 12.2 Å². The molecular weight excluding hydrogens is 418 g/mol. The van der Waals surface area contributed by atoms with Gasteiger partial charge in [-0.25, -0.2) is 0 Å². The number of halogens is 2. The molecule has 0 aromatic heterocycles. The first-order valence-electron chi connectivity index (χ1n) is 11.1. The van der Waals surface area contributed by atoms with Crippen LogP contribution in [-0.2, 0) is 9.53 Å². The Bertz CT molecular complexity index is 748. The lowest BCUT2D eigenvalue weighted by molar-refractivity contribution is -0.147. The largest absolute Gasteiger partial charge is 0.487 e. The molecule has 1 aromatic rings. The molecule has 1 fully saturated rings. The second-order valence-electron chi connectivity index (χ2n) is 8.47. The number of ether oxygens (including phenoxy) is 2. The molecule has 1 aromatic carbocycles. The molecule has 0 spiro atoms. The molecule has 2 N–H and O–H groups in total. The fourth-order valence-corrected chi connectivity index (χ4v) is 3.76. The zero-order chi connectivity index (χ0) is 23.6. The fraction of sp³-hybridized carbons (Fsp3) is 0.560. The van der Waals surface area contributed by atoms with E-state index in [1.165, 1.54) is 6.08 Å². The molecule has 0 heterocycles. The molecule has 4 atom stereocenters. The zero-order valence-corrected chi connectivity index (χ0v) is 18.7. The van der Waals surface area contributed by atoms with E-state index >= 15 is 0 Å². The SMILES string of the molecule is CC(C)OC(=O)CCC/C=C/C[C@H]1[C@@H](/C=C/C(F)(F)COc2ccccc2)[C@@H](O)C[C@H]1O. The summed E-state index contributed by atoms with van der Waals surface area (Å²) in [5.41, 5.74) is 0. The van der Waals surface area contributed by atoms with E-state index in [2.05, 4.69) is 0 Å². The van der Waals surface area contributed by atoms with Crippen LogP contribution < -0.4 is 4.74 Å². The van der Waals surface area contributed by atoms with Gasteiger partial charge in [0.15, 0.2) is 6.61 Å². The summed E-state index contributed by atoms with van der Waals surface area (Å²) in [6.45, 7) is 2.80. The number of hydrogen-bond acceptors (Lipinski definition) is 5. The maximum atomic E-state index is 14.2. The van der Waals surface area contributed by atoms with Gasteiger partial charge in [-0.3, -0.25) is 4.79 Å². The van der Waals surface area contributed by atoms with Gasteiger partial charge in [0.25, 0.3) is 5.92 Å². The lowest BCUT2D eigenvalue weighted by Crippen LogP contribution is -2.25. The summed E-state index contributed by atoms with van der Waals surface area (Å²) in [5, 5.41) is 20.5. The molecule has 7 heteroatoms. The Morgan fingerprint density at radius 3 is 2.59 bits per heavy atom. The molecule has 1 aliphatic carbocycles. The van der Waals surface area contributed by atoms with E-state index in [1.54, 1.807) is 44.2 Å². The van der Waals surface area contributed by atoms with E-state index < -0.39 is 30.7 Å². The Labute approximate surface area is 188 Å². The molecule has 178 valence electrons. The van der Waals surface area contributed by atoms with Crippen molar-refractivity contribution < 1.29 is 33.3 Å². The van der Waals surface area contributed by atoms with Crippen LogP contribution >= 0.6 is 0 Å². The highest BCUT2D eigenvalue weighted by Gasteiger charge is 2.40. The predicted molar refractivity (Wildman–Crippen MR) is 118 cm³/mol. The number of para-hydroxylation sites is 1. The van der Waals surface area contributed by atoms with Crippen LogP contribution in [0.1, 0.15) is 46.0 Å². The smallest absolute Gasteiger partial charge is 0.306 e. The predicted octanol–water partition coefficient (Wildman–Crippen LogP) is 4.68. The van der Waals surface area contributed by atoms with Crippen LogP contribution in [0.15, 0.2) is 54.6 Å². The minimum atomic E-state index is -3.20. The van der Waals surface area contributed by atoms with E-state index in [4.69, 9.17) is 9.47 Å². The number of rotatable bonds is 12. The summed E-state index contributed by atoms with van der Waals surface area (Å²) in [7, 11) is 0. The lowest BCUT2D eigenvalue weighted by Gasteiger charge is -2.20. The summed E-state index contributed by atoms with van der Waals surface area (Å²) in [6.07, 6.45) is 6.33. The van der Waals surface area contributed by atoms with Crippen LogP contribution in [0, 0.1) is 11.8 Å².